The maximum atomic E-state index is 13.6. The van der Waals surface area contributed by atoms with E-state index in [2.05, 4.69) is 119 Å². The zero-order valence-corrected chi connectivity index (χ0v) is 23.5. The molecule has 3 nitrogen and oxygen atoms in total. The molecule has 1 aromatic rings. The summed E-state index contributed by atoms with van der Waals surface area (Å²) in [5, 5.41) is 3.86. The molecule has 2 aliphatic rings. The van der Waals surface area contributed by atoms with Crippen LogP contribution in [0.5, 0.6) is 5.75 Å². The highest BCUT2D eigenvalue weighted by Crippen LogP contribution is 2.50. The van der Waals surface area contributed by atoms with Crippen LogP contribution in [0, 0.1) is 10.8 Å². The van der Waals surface area contributed by atoms with E-state index in [1.165, 1.54) is 11.1 Å². The van der Waals surface area contributed by atoms with Gasteiger partial charge in [-0.1, -0.05) is 95.7 Å². The lowest BCUT2D eigenvalue weighted by Crippen LogP contribution is -2.54. The highest BCUT2D eigenvalue weighted by Gasteiger charge is 2.48. The molecule has 0 bridgehead atoms. The Balaban J connectivity index is 2.36. The van der Waals surface area contributed by atoms with Crippen LogP contribution in [0.2, 0.25) is 0 Å². The van der Waals surface area contributed by atoms with E-state index < -0.39 is 5.54 Å². The number of nitrogens with one attached hydrogen (secondary N) is 1. The molecular formula is C31H45NO2. The van der Waals surface area contributed by atoms with Crippen molar-refractivity contribution in [2.24, 2.45) is 10.8 Å². The molecule has 1 heterocycles. The van der Waals surface area contributed by atoms with Crippen molar-refractivity contribution in [2.75, 3.05) is 5.32 Å². The van der Waals surface area contributed by atoms with Crippen molar-refractivity contribution < 1.29 is 9.53 Å². The van der Waals surface area contributed by atoms with Gasteiger partial charge in [-0.3, -0.25) is 4.79 Å². The first-order valence-electron chi connectivity index (χ1n) is 12.5. The Kier molecular flexibility index (Phi) is 6.09. The first kappa shape index (κ1) is 26.3. The van der Waals surface area contributed by atoms with Crippen LogP contribution in [0.3, 0.4) is 0 Å². The molecular weight excluding hydrogens is 418 g/mol. The molecule has 34 heavy (non-hydrogen) atoms. The van der Waals surface area contributed by atoms with Crippen LogP contribution in [0.1, 0.15) is 94.2 Å². The van der Waals surface area contributed by atoms with Gasteiger partial charge in [0.05, 0.1) is 5.69 Å². The van der Waals surface area contributed by atoms with Crippen LogP contribution in [0.4, 0.5) is 5.69 Å². The number of hydrogen-bond donors (Lipinski definition) is 1. The lowest BCUT2D eigenvalue weighted by molar-refractivity contribution is -0.114. The van der Waals surface area contributed by atoms with Crippen LogP contribution >= 0.6 is 0 Å². The van der Waals surface area contributed by atoms with Crippen LogP contribution in [-0.2, 0) is 15.6 Å². The molecule has 1 aromatic carbocycles. The number of carbonyl (C=O) groups is 1. The minimum Gasteiger partial charge on any atom is -0.481 e. The van der Waals surface area contributed by atoms with Gasteiger partial charge in [-0.15, -0.1) is 0 Å². The lowest BCUT2D eigenvalue weighted by Gasteiger charge is -2.47. The number of rotatable bonds is 1. The minimum absolute atomic E-state index is 0.0134. The number of ketones is 1. The number of anilines is 1. The molecule has 0 saturated heterocycles. The maximum absolute atomic E-state index is 13.6. The van der Waals surface area contributed by atoms with E-state index in [0.717, 1.165) is 22.6 Å². The second-order valence-electron chi connectivity index (χ2n) is 14.2. The smallest absolute Gasteiger partial charge is 0.185 e. The molecule has 1 N–H and O–H groups in total. The summed E-state index contributed by atoms with van der Waals surface area (Å²) in [5.74, 6) is 1.00. The summed E-state index contributed by atoms with van der Waals surface area (Å²) in [6, 6.07) is 4.51. The number of carbonyl (C=O) groups excluding carboxylic acids is 1. The van der Waals surface area contributed by atoms with Crippen molar-refractivity contribution in [2.45, 2.75) is 106 Å². The zero-order valence-electron chi connectivity index (χ0n) is 23.5. The van der Waals surface area contributed by atoms with Crippen molar-refractivity contribution in [3.05, 3.63) is 59.2 Å². The molecule has 0 saturated carbocycles. The van der Waals surface area contributed by atoms with Gasteiger partial charge in [0.1, 0.15) is 17.4 Å². The molecule has 1 aliphatic heterocycles. The number of fused-ring (bicyclic) bond motifs is 1. The largest absolute Gasteiger partial charge is 0.481 e. The van der Waals surface area contributed by atoms with Crippen LogP contribution in [0.25, 0.3) is 0 Å². The molecule has 0 radical (unpaired) electrons. The van der Waals surface area contributed by atoms with E-state index in [1.807, 2.05) is 6.08 Å². The summed E-state index contributed by atoms with van der Waals surface area (Å²) >= 11 is 0. The molecule has 0 aromatic heterocycles. The van der Waals surface area contributed by atoms with Crippen molar-refractivity contribution in [3.8, 4) is 5.75 Å². The highest BCUT2D eigenvalue weighted by atomic mass is 16.5. The molecule has 0 unspecified atom stereocenters. The number of hydrogen-bond acceptors (Lipinski definition) is 3. The number of ether oxygens (including phenoxy) is 1. The normalized spacial score (nSPS) is 20.7. The van der Waals surface area contributed by atoms with Crippen molar-refractivity contribution in [1.82, 2.24) is 0 Å². The minimum atomic E-state index is -0.695. The van der Waals surface area contributed by atoms with Gasteiger partial charge in [0, 0.05) is 16.7 Å². The lowest BCUT2D eigenvalue weighted by atomic mass is 9.67. The Bertz CT molecular complexity index is 1040. The SMILES string of the molecule is C=C[C@@H]1Oc2c(cc(C(C)(C)C)cc2C(C)(C)C)NC12C=C(C(C)(C)C)C(=O)C(C(C)(C)C)=C2. The van der Waals surface area contributed by atoms with Crippen LogP contribution in [0.15, 0.2) is 48.1 Å². The fraction of sp³-hybridized carbons (Fsp3) is 0.581. The molecule has 186 valence electrons. The van der Waals surface area contributed by atoms with Gasteiger partial charge in [-0.2, -0.15) is 0 Å². The zero-order chi connectivity index (χ0) is 26.1. The fourth-order valence-corrected chi connectivity index (χ4v) is 4.76. The van der Waals surface area contributed by atoms with E-state index in [4.69, 9.17) is 4.74 Å². The third kappa shape index (κ3) is 4.63. The van der Waals surface area contributed by atoms with E-state index in [-0.39, 0.29) is 33.5 Å². The first-order valence-corrected chi connectivity index (χ1v) is 12.5. The monoisotopic (exact) mass is 463 g/mol. The van der Waals surface area contributed by atoms with E-state index in [1.54, 1.807) is 0 Å². The first-order chi connectivity index (χ1) is 15.2. The van der Waals surface area contributed by atoms with Gasteiger partial charge in [0.2, 0.25) is 0 Å². The molecule has 0 fully saturated rings. The quantitative estimate of drug-likeness (QED) is 0.430. The Morgan fingerprint density at radius 1 is 0.824 bits per heavy atom. The Labute approximate surface area is 207 Å². The van der Waals surface area contributed by atoms with Crippen molar-refractivity contribution in [3.63, 3.8) is 0 Å². The summed E-state index contributed by atoms with van der Waals surface area (Å²) in [6.45, 7) is 30.1. The number of allylic oxidation sites excluding steroid dienone is 2. The second kappa shape index (κ2) is 7.86. The Morgan fingerprint density at radius 3 is 1.71 bits per heavy atom. The fourth-order valence-electron chi connectivity index (χ4n) is 4.76. The third-order valence-electron chi connectivity index (χ3n) is 6.92. The van der Waals surface area contributed by atoms with Crippen LogP contribution < -0.4 is 10.1 Å². The molecule has 1 atom stereocenters. The predicted octanol–water partition coefficient (Wildman–Crippen LogP) is 7.91. The summed E-state index contributed by atoms with van der Waals surface area (Å²) in [7, 11) is 0. The summed E-state index contributed by atoms with van der Waals surface area (Å²) in [5.41, 5.74) is 3.63. The topological polar surface area (TPSA) is 38.3 Å². The molecule has 0 amide bonds. The van der Waals surface area contributed by atoms with Crippen molar-refractivity contribution in [1.29, 1.82) is 0 Å². The van der Waals surface area contributed by atoms with Gasteiger partial charge < -0.3 is 10.1 Å². The van der Waals surface area contributed by atoms with E-state index in [0.29, 0.717) is 0 Å². The van der Waals surface area contributed by atoms with Crippen LogP contribution in [-0.4, -0.2) is 17.4 Å². The van der Waals surface area contributed by atoms with E-state index in [9.17, 15) is 4.79 Å². The average molecular weight is 464 g/mol. The summed E-state index contributed by atoms with van der Waals surface area (Å²) in [6.07, 6.45) is 5.70. The van der Waals surface area contributed by atoms with Gasteiger partial charge in [-0.05, 0) is 51.5 Å². The Hall–Kier alpha value is -2.29. The van der Waals surface area contributed by atoms with Crippen molar-refractivity contribution >= 4 is 11.5 Å². The summed E-state index contributed by atoms with van der Waals surface area (Å²) in [4.78, 5) is 13.6. The van der Waals surface area contributed by atoms with Gasteiger partial charge in [-0.25, -0.2) is 0 Å². The molecule has 3 heteroatoms. The van der Waals surface area contributed by atoms with E-state index >= 15 is 0 Å². The summed E-state index contributed by atoms with van der Waals surface area (Å²) < 4.78 is 6.78. The molecule has 1 aliphatic carbocycles. The average Bonchev–Trinajstić information content (AvgIpc) is 2.64. The highest BCUT2D eigenvalue weighted by molar-refractivity contribution is 6.11. The number of Topliss-reactive ketones (excluding diaryl/α,β-unsaturated/α-hetero) is 1. The number of benzene rings is 1. The maximum Gasteiger partial charge on any atom is 0.185 e. The van der Waals surface area contributed by atoms with Gasteiger partial charge >= 0.3 is 0 Å². The predicted molar refractivity (Wildman–Crippen MR) is 145 cm³/mol. The second-order valence-corrected chi connectivity index (χ2v) is 14.2. The Morgan fingerprint density at radius 2 is 1.32 bits per heavy atom. The third-order valence-corrected chi connectivity index (χ3v) is 6.92. The molecule has 1 spiro atoms. The van der Waals surface area contributed by atoms with Gasteiger partial charge in [0.25, 0.3) is 0 Å². The van der Waals surface area contributed by atoms with Gasteiger partial charge in [0.15, 0.2) is 5.78 Å². The standard InChI is InChI=1S/C31H45NO2/c1-14-24-31(17-21(29(8,9)10)25(33)22(18-31)30(11,12)13)32-23-16-19(27(2,3)4)15-20(26(23)34-24)28(5,6)7/h14-18,24,32H,1H2,2-13H3/t24-/m0/s1. The molecule has 3 rings (SSSR count).